The Labute approximate surface area is 209 Å². The number of piperazine rings is 1. The molecule has 0 spiro atoms. The third-order valence-electron chi connectivity index (χ3n) is 6.57. The van der Waals surface area contributed by atoms with Crippen LogP contribution in [0.4, 0.5) is 11.6 Å². The summed E-state index contributed by atoms with van der Waals surface area (Å²) in [6.45, 7) is 4.71. The molecule has 0 radical (unpaired) electrons. The molecule has 2 N–H and O–H groups in total. The number of imidazole rings is 1. The lowest BCUT2D eigenvalue weighted by Gasteiger charge is -2.36. The number of benzene rings is 1. The third-order valence-corrected chi connectivity index (χ3v) is 7.34. The molecule has 5 aromatic rings. The minimum absolute atomic E-state index is 0.167. The summed E-state index contributed by atoms with van der Waals surface area (Å²) in [4.78, 5) is 31.2. The van der Waals surface area contributed by atoms with Gasteiger partial charge in [0.05, 0.1) is 11.6 Å². The Hall–Kier alpha value is -4.28. The summed E-state index contributed by atoms with van der Waals surface area (Å²) in [5.74, 6) is 0.620. The molecule has 0 amide bonds. The Bertz CT molecular complexity index is 1650. The molecule has 1 aliphatic heterocycles. The molecule has 0 unspecified atom stereocenters. The summed E-state index contributed by atoms with van der Waals surface area (Å²) >= 11 is 1.43. The second-order valence-corrected chi connectivity index (χ2v) is 9.53. The number of hydrogen-bond acceptors (Lipinski definition) is 10. The first-order valence-corrected chi connectivity index (χ1v) is 12.4. The Morgan fingerprint density at radius 3 is 2.56 bits per heavy atom. The number of aryl methyl sites for hydroxylation is 1. The predicted octanol–water partition coefficient (Wildman–Crippen LogP) is 1.18. The first-order valence-electron chi connectivity index (χ1n) is 11.5. The van der Waals surface area contributed by atoms with Crippen molar-refractivity contribution in [3.8, 4) is 16.9 Å². The van der Waals surface area contributed by atoms with E-state index < -0.39 is 0 Å². The van der Waals surface area contributed by atoms with Crippen LogP contribution in [-0.2, 0) is 13.6 Å². The summed E-state index contributed by atoms with van der Waals surface area (Å²) in [5.41, 5.74) is 9.41. The van der Waals surface area contributed by atoms with E-state index in [1.54, 1.807) is 22.4 Å². The van der Waals surface area contributed by atoms with Crippen molar-refractivity contribution in [3.05, 3.63) is 51.9 Å². The molecule has 6 rings (SSSR count). The SMILES string of the molecule is Cn1c(=O)n(CCN2CCN(c3ccc(C#N)cc3)CC2)c2nc(N)n3nc(-c4nccs4)nc3c21. The van der Waals surface area contributed by atoms with Gasteiger partial charge in [0.2, 0.25) is 11.8 Å². The molecule has 0 aliphatic carbocycles. The number of hydrogen-bond donors (Lipinski definition) is 1. The lowest BCUT2D eigenvalue weighted by atomic mass is 10.2. The molecule has 13 heteroatoms. The predicted molar refractivity (Wildman–Crippen MR) is 137 cm³/mol. The number of anilines is 2. The van der Waals surface area contributed by atoms with Crippen LogP contribution in [-0.4, -0.2) is 71.3 Å². The van der Waals surface area contributed by atoms with Crippen molar-refractivity contribution in [2.45, 2.75) is 6.54 Å². The fourth-order valence-electron chi connectivity index (χ4n) is 4.63. The third kappa shape index (κ3) is 3.67. The number of rotatable bonds is 5. The van der Waals surface area contributed by atoms with E-state index in [-0.39, 0.29) is 11.6 Å². The van der Waals surface area contributed by atoms with E-state index >= 15 is 0 Å². The van der Waals surface area contributed by atoms with Gasteiger partial charge in [-0.05, 0) is 24.3 Å². The maximum absolute atomic E-state index is 13.2. The van der Waals surface area contributed by atoms with E-state index in [1.807, 2.05) is 29.6 Å². The minimum Gasteiger partial charge on any atom is -0.369 e. The highest BCUT2D eigenvalue weighted by Gasteiger charge is 2.23. The smallest absolute Gasteiger partial charge is 0.330 e. The van der Waals surface area contributed by atoms with Gasteiger partial charge in [-0.15, -0.1) is 16.4 Å². The van der Waals surface area contributed by atoms with Crippen molar-refractivity contribution in [1.82, 2.24) is 38.6 Å². The van der Waals surface area contributed by atoms with Crippen LogP contribution in [0, 0.1) is 11.3 Å². The molecule has 1 saturated heterocycles. The monoisotopic (exact) mass is 501 g/mol. The van der Waals surface area contributed by atoms with Gasteiger partial charge in [-0.2, -0.15) is 14.8 Å². The van der Waals surface area contributed by atoms with Crippen LogP contribution >= 0.6 is 11.3 Å². The van der Waals surface area contributed by atoms with Crippen molar-refractivity contribution in [3.63, 3.8) is 0 Å². The lowest BCUT2D eigenvalue weighted by Crippen LogP contribution is -2.47. The summed E-state index contributed by atoms with van der Waals surface area (Å²) < 4.78 is 4.68. The summed E-state index contributed by atoms with van der Waals surface area (Å²) in [6, 6.07) is 9.83. The molecular weight excluding hydrogens is 478 g/mol. The molecule has 1 fully saturated rings. The summed E-state index contributed by atoms with van der Waals surface area (Å²) in [6.07, 6.45) is 1.69. The van der Waals surface area contributed by atoms with Gasteiger partial charge in [-0.25, -0.2) is 14.8 Å². The average Bonchev–Trinajstić information content (AvgIpc) is 3.64. The minimum atomic E-state index is -0.167. The van der Waals surface area contributed by atoms with Crippen LogP contribution in [0.5, 0.6) is 0 Å². The van der Waals surface area contributed by atoms with E-state index in [4.69, 9.17) is 11.0 Å². The molecule has 4 aromatic heterocycles. The fraction of sp³-hybridized carbons (Fsp3) is 0.304. The fourth-order valence-corrected chi connectivity index (χ4v) is 5.20. The quantitative estimate of drug-likeness (QED) is 0.376. The van der Waals surface area contributed by atoms with Crippen molar-refractivity contribution in [2.75, 3.05) is 43.4 Å². The molecule has 0 saturated carbocycles. The first-order chi connectivity index (χ1) is 17.5. The van der Waals surface area contributed by atoms with Gasteiger partial charge in [-0.1, -0.05) is 0 Å². The molecule has 0 atom stereocenters. The topological polar surface area (TPSA) is 139 Å². The van der Waals surface area contributed by atoms with E-state index in [0.717, 1.165) is 31.9 Å². The second-order valence-electron chi connectivity index (χ2n) is 8.63. The van der Waals surface area contributed by atoms with Crippen LogP contribution in [0.15, 0.2) is 40.6 Å². The number of nitrogens with zero attached hydrogens (tertiary/aromatic N) is 10. The average molecular weight is 502 g/mol. The Kier molecular flexibility index (Phi) is 5.39. The number of aromatic nitrogens is 7. The summed E-state index contributed by atoms with van der Waals surface area (Å²) in [7, 11) is 1.72. The number of nitriles is 1. The van der Waals surface area contributed by atoms with Gasteiger partial charge in [0.15, 0.2) is 16.3 Å². The van der Waals surface area contributed by atoms with Gasteiger partial charge in [0.1, 0.15) is 5.52 Å². The maximum Gasteiger partial charge on any atom is 0.330 e. The van der Waals surface area contributed by atoms with Gasteiger partial charge in [-0.3, -0.25) is 14.0 Å². The molecular formula is C23H23N11OS. The highest BCUT2D eigenvalue weighted by Crippen LogP contribution is 2.24. The largest absolute Gasteiger partial charge is 0.369 e. The Morgan fingerprint density at radius 2 is 1.86 bits per heavy atom. The Morgan fingerprint density at radius 1 is 1.08 bits per heavy atom. The van der Waals surface area contributed by atoms with Crippen LogP contribution in [0.1, 0.15) is 5.56 Å². The molecule has 182 valence electrons. The van der Waals surface area contributed by atoms with Gasteiger partial charge >= 0.3 is 5.69 Å². The van der Waals surface area contributed by atoms with E-state index in [1.165, 1.54) is 15.9 Å². The molecule has 5 heterocycles. The molecule has 36 heavy (non-hydrogen) atoms. The van der Waals surface area contributed by atoms with Crippen molar-refractivity contribution in [1.29, 1.82) is 5.26 Å². The molecule has 1 aliphatic rings. The van der Waals surface area contributed by atoms with Gasteiger partial charge < -0.3 is 10.6 Å². The standard InChI is InChI=1S/C23H23N11OS/c1-30-17-19(28-22(25)34-20(17)27-18(29-34)21-26-6-13-36-21)33(23(30)35)12-9-31-7-10-32(11-8-31)16-4-2-15(14-24)3-5-16/h2-6,13H,7-12H2,1H3,(H2,25,28). The molecule has 1 aromatic carbocycles. The highest BCUT2D eigenvalue weighted by molar-refractivity contribution is 7.13. The van der Waals surface area contributed by atoms with E-state index in [2.05, 4.69) is 35.9 Å². The normalized spacial score (nSPS) is 14.6. The van der Waals surface area contributed by atoms with Gasteiger partial charge in [0, 0.05) is 63.6 Å². The molecule has 0 bridgehead atoms. The molecule has 12 nitrogen and oxygen atoms in total. The van der Waals surface area contributed by atoms with Crippen LogP contribution in [0.3, 0.4) is 0 Å². The highest BCUT2D eigenvalue weighted by atomic mass is 32.1. The zero-order valence-electron chi connectivity index (χ0n) is 19.6. The van der Waals surface area contributed by atoms with Crippen LogP contribution < -0.4 is 16.3 Å². The second kappa shape index (κ2) is 8.74. The van der Waals surface area contributed by atoms with Crippen LogP contribution in [0.25, 0.3) is 27.6 Å². The van der Waals surface area contributed by atoms with E-state index in [0.29, 0.717) is 46.3 Å². The first kappa shape index (κ1) is 22.2. The lowest BCUT2D eigenvalue weighted by molar-refractivity contribution is 0.248. The zero-order valence-corrected chi connectivity index (χ0v) is 20.4. The van der Waals surface area contributed by atoms with Crippen molar-refractivity contribution >= 4 is 39.8 Å². The summed E-state index contributed by atoms with van der Waals surface area (Å²) in [5, 5.41) is 16.0. The number of nitrogens with two attached hydrogens (primary N) is 1. The van der Waals surface area contributed by atoms with E-state index in [9.17, 15) is 4.79 Å². The number of thiazole rings is 1. The van der Waals surface area contributed by atoms with Gasteiger partial charge in [0.25, 0.3) is 0 Å². The zero-order chi connectivity index (χ0) is 24.8. The number of nitrogen functional groups attached to an aromatic ring is 1. The van der Waals surface area contributed by atoms with Crippen LogP contribution in [0.2, 0.25) is 0 Å². The number of fused-ring (bicyclic) bond motifs is 3. The maximum atomic E-state index is 13.2. The Balaban J connectivity index is 1.22. The van der Waals surface area contributed by atoms with Crippen molar-refractivity contribution < 1.29 is 0 Å². The van der Waals surface area contributed by atoms with Crippen molar-refractivity contribution in [2.24, 2.45) is 7.05 Å².